The molecule has 3 aromatic rings. The molecule has 0 aliphatic heterocycles. The molecule has 102 valence electrons. The van der Waals surface area contributed by atoms with E-state index in [4.69, 9.17) is 5.73 Å². The average Bonchev–Trinajstić information content (AvgIpc) is 2.82. The summed E-state index contributed by atoms with van der Waals surface area (Å²) in [5.41, 5.74) is 11.7. The summed E-state index contributed by atoms with van der Waals surface area (Å²) in [7, 11) is 0. The Morgan fingerprint density at radius 3 is 2.75 bits per heavy atom. The highest BCUT2D eigenvalue weighted by Gasteiger charge is 2.07. The zero-order valence-electron chi connectivity index (χ0n) is 11.9. The van der Waals surface area contributed by atoms with E-state index >= 15 is 0 Å². The molecule has 2 aromatic carbocycles. The molecule has 0 saturated heterocycles. The van der Waals surface area contributed by atoms with E-state index in [1.54, 1.807) is 0 Å². The molecule has 1 aromatic heterocycles. The summed E-state index contributed by atoms with van der Waals surface area (Å²) in [6, 6.07) is 14.9. The second kappa shape index (κ2) is 5.10. The van der Waals surface area contributed by atoms with Gasteiger partial charge in [-0.1, -0.05) is 24.3 Å². The summed E-state index contributed by atoms with van der Waals surface area (Å²) in [5.74, 6) is 0. The first kappa shape index (κ1) is 12.9. The third-order valence-corrected chi connectivity index (χ3v) is 3.53. The molecule has 0 radical (unpaired) electrons. The van der Waals surface area contributed by atoms with Crippen LogP contribution in [0.5, 0.6) is 0 Å². The number of hydrogen-bond acceptors (Lipinski definition) is 2. The first-order valence-corrected chi connectivity index (χ1v) is 6.93. The Morgan fingerprint density at radius 1 is 1.20 bits per heavy atom. The van der Waals surface area contributed by atoms with E-state index in [0.717, 1.165) is 17.5 Å². The topological polar surface area (TPSA) is 43.8 Å². The van der Waals surface area contributed by atoms with E-state index in [1.807, 2.05) is 31.5 Å². The van der Waals surface area contributed by atoms with Crippen LogP contribution in [0.25, 0.3) is 16.7 Å². The van der Waals surface area contributed by atoms with Gasteiger partial charge < -0.3 is 5.73 Å². The molecule has 3 nitrogen and oxygen atoms in total. The Kier molecular flexibility index (Phi) is 3.28. The minimum absolute atomic E-state index is 0.189. The summed E-state index contributed by atoms with van der Waals surface area (Å²) in [4.78, 5) is 4.45. The van der Waals surface area contributed by atoms with Gasteiger partial charge in [0.25, 0.3) is 0 Å². The van der Waals surface area contributed by atoms with Gasteiger partial charge in [-0.3, -0.25) is 4.57 Å². The SMILES string of the molecule is Cc1cc(CC(C)N)ccc1-n1cnc2ccccc21. The van der Waals surface area contributed by atoms with Crippen LogP contribution >= 0.6 is 0 Å². The van der Waals surface area contributed by atoms with Crippen LogP contribution in [-0.2, 0) is 6.42 Å². The van der Waals surface area contributed by atoms with Gasteiger partial charge in [-0.05, 0) is 49.6 Å². The van der Waals surface area contributed by atoms with Crippen LogP contribution in [0.3, 0.4) is 0 Å². The van der Waals surface area contributed by atoms with Crippen molar-refractivity contribution in [2.75, 3.05) is 0 Å². The number of imidazole rings is 1. The Labute approximate surface area is 119 Å². The van der Waals surface area contributed by atoms with Crippen molar-refractivity contribution in [3.63, 3.8) is 0 Å². The smallest absolute Gasteiger partial charge is 0.100 e. The van der Waals surface area contributed by atoms with E-state index in [9.17, 15) is 0 Å². The molecule has 3 heteroatoms. The van der Waals surface area contributed by atoms with Crippen LogP contribution in [-0.4, -0.2) is 15.6 Å². The van der Waals surface area contributed by atoms with Crippen LogP contribution in [0.1, 0.15) is 18.1 Å². The molecule has 2 N–H and O–H groups in total. The van der Waals surface area contributed by atoms with Gasteiger partial charge in [0.05, 0.1) is 16.7 Å². The van der Waals surface area contributed by atoms with E-state index in [-0.39, 0.29) is 6.04 Å². The molecule has 1 unspecified atom stereocenters. The normalized spacial score (nSPS) is 12.8. The predicted molar refractivity (Wildman–Crippen MR) is 83.2 cm³/mol. The fourth-order valence-electron chi connectivity index (χ4n) is 2.64. The van der Waals surface area contributed by atoms with Gasteiger partial charge in [0.2, 0.25) is 0 Å². The Bertz CT molecular complexity index is 741. The highest BCUT2D eigenvalue weighted by Crippen LogP contribution is 2.22. The number of nitrogens with two attached hydrogens (primary N) is 1. The molecule has 1 heterocycles. The Balaban J connectivity index is 2.06. The van der Waals surface area contributed by atoms with E-state index < -0.39 is 0 Å². The average molecular weight is 265 g/mol. The molecule has 3 rings (SSSR count). The summed E-state index contributed by atoms with van der Waals surface area (Å²) in [6.07, 6.45) is 2.80. The van der Waals surface area contributed by atoms with Crippen molar-refractivity contribution in [2.45, 2.75) is 26.3 Å². The number of rotatable bonds is 3. The molecule has 0 aliphatic rings. The minimum atomic E-state index is 0.189. The lowest BCUT2D eigenvalue weighted by Crippen LogP contribution is -2.17. The van der Waals surface area contributed by atoms with Crippen LogP contribution in [0.15, 0.2) is 48.8 Å². The second-order valence-electron chi connectivity index (χ2n) is 5.41. The molecule has 20 heavy (non-hydrogen) atoms. The van der Waals surface area contributed by atoms with Gasteiger partial charge in [-0.15, -0.1) is 0 Å². The number of para-hydroxylation sites is 2. The first-order valence-electron chi connectivity index (χ1n) is 6.93. The highest BCUT2D eigenvalue weighted by atomic mass is 15.0. The van der Waals surface area contributed by atoms with Crippen molar-refractivity contribution in [1.82, 2.24) is 9.55 Å². The van der Waals surface area contributed by atoms with E-state index in [1.165, 1.54) is 16.8 Å². The van der Waals surface area contributed by atoms with Crippen molar-refractivity contribution >= 4 is 11.0 Å². The van der Waals surface area contributed by atoms with Crippen LogP contribution in [0.4, 0.5) is 0 Å². The van der Waals surface area contributed by atoms with Crippen molar-refractivity contribution in [1.29, 1.82) is 0 Å². The molecule has 1 atom stereocenters. The van der Waals surface area contributed by atoms with E-state index in [0.29, 0.717) is 0 Å². The lowest BCUT2D eigenvalue weighted by molar-refractivity contribution is 0.737. The number of nitrogens with zero attached hydrogens (tertiary/aromatic N) is 2. The predicted octanol–water partition coefficient (Wildman–Crippen LogP) is 3.22. The number of aromatic nitrogens is 2. The zero-order valence-corrected chi connectivity index (χ0v) is 11.9. The first-order chi connectivity index (χ1) is 9.65. The van der Waals surface area contributed by atoms with Crippen LogP contribution in [0.2, 0.25) is 0 Å². The fourth-order valence-corrected chi connectivity index (χ4v) is 2.64. The fraction of sp³-hybridized carbons (Fsp3) is 0.235. The van der Waals surface area contributed by atoms with Gasteiger partial charge in [0.15, 0.2) is 0 Å². The van der Waals surface area contributed by atoms with Crippen LogP contribution in [0, 0.1) is 6.92 Å². The molecule has 0 amide bonds. The van der Waals surface area contributed by atoms with E-state index in [2.05, 4.69) is 40.7 Å². The van der Waals surface area contributed by atoms with Crippen molar-refractivity contribution in [2.24, 2.45) is 5.73 Å². The number of hydrogen-bond donors (Lipinski definition) is 1. The maximum atomic E-state index is 5.87. The Morgan fingerprint density at radius 2 is 2.00 bits per heavy atom. The maximum Gasteiger partial charge on any atom is 0.100 e. The number of benzene rings is 2. The van der Waals surface area contributed by atoms with Gasteiger partial charge >= 0.3 is 0 Å². The molecular formula is C17H19N3. The molecule has 0 spiro atoms. The van der Waals surface area contributed by atoms with Gasteiger partial charge in [0.1, 0.15) is 6.33 Å². The van der Waals surface area contributed by atoms with Crippen molar-refractivity contribution in [3.05, 3.63) is 59.9 Å². The Hall–Kier alpha value is -2.13. The van der Waals surface area contributed by atoms with Crippen molar-refractivity contribution in [3.8, 4) is 5.69 Å². The summed E-state index contributed by atoms with van der Waals surface area (Å²) < 4.78 is 2.14. The molecule has 0 saturated carbocycles. The zero-order chi connectivity index (χ0) is 14.1. The molecule has 0 aliphatic carbocycles. The molecule has 0 fully saturated rings. The summed E-state index contributed by atoms with van der Waals surface area (Å²) in [6.45, 7) is 4.17. The van der Waals surface area contributed by atoms with Gasteiger partial charge in [-0.25, -0.2) is 4.98 Å². The third-order valence-electron chi connectivity index (χ3n) is 3.53. The van der Waals surface area contributed by atoms with Crippen molar-refractivity contribution < 1.29 is 0 Å². The molecule has 0 bridgehead atoms. The summed E-state index contributed by atoms with van der Waals surface area (Å²) in [5, 5.41) is 0. The lowest BCUT2D eigenvalue weighted by Gasteiger charge is -2.11. The van der Waals surface area contributed by atoms with Gasteiger partial charge in [0, 0.05) is 6.04 Å². The number of aryl methyl sites for hydroxylation is 1. The highest BCUT2D eigenvalue weighted by molar-refractivity contribution is 5.77. The maximum absolute atomic E-state index is 5.87. The third kappa shape index (κ3) is 2.32. The quantitative estimate of drug-likeness (QED) is 0.790. The minimum Gasteiger partial charge on any atom is -0.328 e. The standard InChI is InChI=1S/C17H19N3/c1-12-9-14(10-13(2)18)7-8-16(12)20-11-19-15-5-3-4-6-17(15)20/h3-9,11,13H,10,18H2,1-2H3. The lowest BCUT2D eigenvalue weighted by atomic mass is 10.0. The summed E-state index contributed by atoms with van der Waals surface area (Å²) >= 11 is 0. The van der Waals surface area contributed by atoms with Crippen LogP contribution < -0.4 is 5.73 Å². The molecular weight excluding hydrogens is 246 g/mol. The number of fused-ring (bicyclic) bond motifs is 1. The monoisotopic (exact) mass is 265 g/mol. The van der Waals surface area contributed by atoms with Gasteiger partial charge in [-0.2, -0.15) is 0 Å². The second-order valence-corrected chi connectivity index (χ2v) is 5.41. The largest absolute Gasteiger partial charge is 0.328 e.